The summed E-state index contributed by atoms with van der Waals surface area (Å²) in [6.45, 7) is 7.65. The van der Waals surface area contributed by atoms with Gasteiger partial charge < -0.3 is 4.55 Å². The molecule has 0 bridgehead atoms. The first-order valence-electron chi connectivity index (χ1n) is 4.53. The lowest BCUT2D eigenvalue weighted by Crippen LogP contribution is -2.26. The van der Waals surface area contributed by atoms with Crippen LogP contribution in [0, 0.1) is 0 Å². The molecule has 0 aliphatic rings. The van der Waals surface area contributed by atoms with E-state index >= 15 is 0 Å². The van der Waals surface area contributed by atoms with Crippen molar-refractivity contribution >= 4 is 44.3 Å². The van der Waals surface area contributed by atoms with E-state index in [0.29, 0.717) is 0 Å². The minimum atomic E-state index is -1.19. The molecule has 0 aliphatic carbocycles. The van der Waals surface area contributed by atoms with Crippen LogP contribution in [0.5, 0.6) is 0 Å². The highest BCUT2D eigenvalue weighted by Gasteiger charge is 2.27. The molecule has 0 unspecified atom stereocenters. The Morgan fingerprint density at radius 3 is 2.53 bits per heavy atom. The van der Waals surface area contributed by atoms with Crippen LogP contribution >= 0.6 is 27.3 Å². The molecule has 5 heteroatoms. The van der Waals surface area contributed by atoms with E-state index in [0.717, 1.165) is 15.1 Å². The maximum absolute atomic E-state index is 11.8. The predicted molar refractivity (Wildman–Crippen MR) is 72.1 cm³/mol. The van der Waals surface area contributed by atoms with E-state index < -0.39 is 11.4 Å². The molecule has 1 aromatic rings. The topological polar surface area (TPSA) is 35.4 Å². The van der Waals surface area contributed by atoms with Crippen molar-refractivity contribution in [3.8, 4) is 0 Å². The quantitative estimate of drug-likeness (QED) is 0.605. The first-order chi connectivity index (χ1) is 6.82. The summed E-state index contributed by atoms with van der Waals surface area (Å²) in [7, 11) is 0. The lowest BCUT2D eigenvalue weighted by Gasteiger charge is -2.18. The third kappa shape index (κ3) is 3.59. The van der Waals surface area contributed by atoms with Crippen LogP contribution in [0.1, 0.15) is 32.6 Å². The van der Waals surface area contributed by atoms with Crippen LogP contribution in [0.25, 0.3) is 0 Å². The molecule has 0 saturated carbocycles. The van der Waals surface area contributed by atoms with Gasteiger partial charge in [-0.15, -0.1) is 11.3 Å². The van der Waals surface area contributed by atoms with Gasteiger partial charge in [-0.3, -0.25) is 0 Å². The van der Waals surface area contributed by atoms with E-state index in [9.17, 15) is 4.55 Å². The van der Waals surface area contributed by atoms with Gasteiger partial charge in [-0.2, -0.15) is 0 Å². The van der Waals surface area contributed by atoms with Gasteiger partial charge in [-0.1, -0.05) is 4.40 Å². The van der Waals surface area contributed by atoms with Crippen molar-refractivity contribution in [1.29, 1.82) is 0 Å². The average molecular weight is 308 g/mol. The Balaban J connectivity index is 2.90. The molecule has 0 fully saturated rings. The van der Waals surface area contributed by atoms with Gasteiger partial charge in [-0.25, -0.2) is 0 Å². The maximum Gasteiger partial charge on any atom is 0.144 e. The Hall–Kier alpha value is 0.160. The van der Waals surface area contributed by atoms with Crippen LogP contribution in [0.4, 0.5) is 0 Å². The van der Waals surface area contributed by atoms with Gasteiger partial charge >= 0.3 is 0 Å². The van der Waals surface area contributed by atoms with Crippen molar-refractivity contribution in [2.24, 2.45) is 4.40 Å². The Labute approximate surface area is 106 Å². The van der Waals surface area contributed by atoms with Gasteiger partial charge in [0, 0.05) is 4.47 Å². The van der Waals surface area contributed by atoms with Crippen molar-refractivity contribution in [3.05, 3.63) is 20.8 Å². The summed E-state index contributed by atoms with van der Waals surface area (Å²) in [5.41, 5.74) is 0.824. The number of nitrogens with zero attached hydrogens (tertiary/aromatic N) is 1. The van der Waals surface area contributed by atoms with Crippen molar-refractivity contribution in [3.63, 3.8) is 0 Å². The lowest BCUT2D eigenvalue weighted by molar-refractivity contribution is 0.561. The normalized spacial score (nSPS) is 15.5. The third-order valence-corrected chi connectivity index (χ3v) is 5.12. The van der Waals surface area contributed by atoms with E-state index in [-0.39, 0.29) is 4.75 Å². The molecule has 15 heavy (non-hydrogen) atoms. The fourth-order valence-electron chi connectivity index (χ4n) is 0.855. The molecule has 0 spiro atoms. The molecule has 0 N–H and O–H groups in total. The summed E-state index contributed by atoms with van der Waals surface area (Å²) in [5, 5.41) is 1.98. The first-order valence-corrected chi connectivity index (χ1v) is 7.31. The second kappa shape index (κ2) is 4.99. The fraction of sp³-hybridized carbons (Fsp3) is 0.500. The van der Waals surface area contributed by atoms with Crippen molar-refractivity contribution < 1.29 is 4.55 Å². The number of hydrogen-bond acceptors (Lipinski definition) is 3. The largest absolute Gasteiger partial charge is 0.591 e. The van der Waals surface area contributed by atoms with E-state index in [4.69, 9.17) is 0 Å². The third-order valence-electron chi connectivity index (χ3n) is 1.69. The highest BCUT2D eigenvalue weighted by atomic mass is 79.9. The Kier molecular flexibility index (Phi) is 4.40. The number of rotatable bonds is 2. The van der Waals surface area contributed by atoms with Crippen LogP contribution in [0.2, 0.25) is 0 Å². The zero-order chi connectivity index (χ0) is 11.6. The summed E-state index contributed by atoms with van der Waals surface area (Å²) in [4.78, 5) is 1.05. The monoisotopic (exact) mass is 307 g/mol. The Morgan fingerprint density at radius 1 is 1.53 bits per heavy atom. The number of halogens is 1. The molecule has 1 aromatic heterocycles. The van der Waals surface area contributed by atoms with E-state index in [1.165, 1.54) is 0 Å². The molecule has 1 atom stereocenters. The van der Waals surface area contributed by atoms with E-state index in [1.807, 2.05) is 39.1 Å². The average Bonchev–Trinajstić information content (AvgIpc) is 2.49. The van der Waals surface area contributed by atoms with Gasteiger partial charge in [0.05, 0.1) is 4.88 Å². The van der Waals surface area contributed by atoms with Crippen LogP contribution in [-0.2, 0) is 11.4 Å². The summed E-state index contributed by atoms with van der Waals surface area (Å²) in [5.74, 6) is 0. The summed E-state index contributed by atoms with van der Waals surface area (Å²) in [6, 6.07) is 1.97. The maximum atomic E-state index is 11.8. The predicted octanol–water partition coefficient (Wildman–Crippen LogP) is 3.78. The van der Waals surface area contributed by atoms with E-state index in [1.54, 1.807) is 11.3 Å². The second-order valence-electron chi connectivity index (χ2n) is 4.14. The smallest absolute Gasteiger partial charge is 0.144 e. The molecule has 1 rings (SSSR count). The van der Waals surface area contributed by atoms with Crippen LogP contribution in [0.15, 0.2) is 20.3 Å². The zero-order valence-electron chi connectivity index (χ0n) is 9.20. The zero-order valence-corrected chi connectivity index (χ0v) is 12.4. The SMILES string of the molecule is CC(=N[S@@+]([O-])C(C)(C)C)c1sccc1Br. The van der Waals surface area contributed by atoms with Crippen LogP contribution < -0.4 is 0 Å². The molecule has 0 amide bonds. The number of thiophene rings is 1. The Bertz CT molecular complexity index is 368. The minimum Gasteiger partial charge on any atom is -0.591 e. The van der Waals surface area contributed by atoms with E-state index in [2.05, 4.69) is 20.3 Å². The van der Waals surface area contributed by atoms with Gasteiger partial charge in [0.25, 0.3) is 0 Å². The fourth-order valence-corrected chi connectivity index (χ4v) is 3.14. The van der Waals surface area contributed by atoms with Gasteiger partial charge in [0.15, 0.2) is 0 Å². The molecule has 0 aliphatic heterocycles. The van der Waals surface area contributed by atoms with Crippen LogP contribution in [-0.4, -0.2) is 15.0 Å². The molecule has 0 saturated heterocycles. The summed E-state index contributed by atoms with van der Waals surface area (Å²) < 4.78 is 16.7. The molecule has 84 valence electrons. The van der Waals surface area contributed by atoms with Gasteiger partial charge in [0.2, 0.25) is 0 Å². The highest BCUT2D eigenvalue weighted by molar-refractivity contribution is 9.10. The lowest BCUT2D eigenvalue weighted by atomic mass is 10.3. The second-order valence-corrected chi connectivity index (χ2v) is 7.81. The van der Waals surface area contributed by atoms with Crippen LogP contribution in [0.3, 0.4) is 0 Å². The highest BCUT2D eigenvalue weighted by Crippen LogP contribution is 2.25. The molecule has 1 heterocycles. The first kappa shape index (κ1) is 13.2. The summed E-state index contributed by atoms with van der Waals surface area (Å²) in [6.07, 6.45) is 0. The van der Waals surface area contributed by atoms with Crippen molar-refractivity contribution in [2.45, 2.75) is 32.4 Å². The van der Waals surface area contributed by atoms with Crippen molar-refractivity contribution in [2.75, 3.05) is 0 Å². The minimum absolute atomic E-state index is 0.301. The number of hydrogen-bond donors (Lipinski definition) is 0. The van der Waals surface area contributed by atoms with Gasteiger partial charge in [-0.05, 0) is 55.1 Å². The molecule has 2 nitrogen and oxygen atoms in total. The molecular formula is C10H14BrNOS2. The molecular weight excluding hydrogens is 294 g/mol. The van der Waals surface area contributed by atoms with Crippen molar-refractivity contribution in [1.82, 2.24) is 0 Å². The molecule has 0 aromatic carbocycles. The molecule has 0 radical (unpaired) electrons. The Morgan fingerprint density at radius 2 is 2.13 bits per heavy atom. The standard InChI is InChI=1S/C10H14BrNOS2/c1-7(9-8(11)5-6-14-9)12-15(13)10(2,3)4/h5-6H,1-4H3/t15-/m0/s1. The van der Waals surface area contributed by atoms with Gasteiger partial charge in [0.1, 0.15) is 21.8 Å². The summed E-state index contributed by atoms with van der Waals surface area (Å²) >= 11 is 3.85.